The molecule has 1 atom stereocenters. The Labute approximate surface area is 50.0 Å². The van der Waals surface area contributed by atoms with Gasteiger partial charge >= 0.3 is 0 Å². The van der Waals surface area contributed by atoms with Crippen LogP contribution in [0.15, 0.2) is 12.2 Å². The van der Waals surface area contributed by atoms with Gasteiger partial charge in [0.05, 0.1) is 6.61 Å². The molecule has 0 aromatic carbocycles. The van der Waals surface area contributed by atoms with Gasteiger partial charge in [0.15, 0.2) is 0 Å². The summed E-state index contributed by atoms with van der Waals surface area (Å²) in [6, 6.07) is -0.118. The average Bonchev–Trinajstić information content (AvgIpc) is 1.65. The van der Waals surface area contributed by atoms with Crippen molar-refractivity contribution >= 4 is 0 Å². The van der Waals surface area contributed by atoms with Gasteiger partial charge in [-0.1, -0.05) is 5.57 Å². The van der Waals surface area contributed by atoms with Gasteiger partial charge in [-0.3, -0.25) is 0 Å². The monoisotopic (exact) mass is 115 g/mol. The van der Waals surface area contributed by atoms with Gasteiger partial charge in [-0.05, 0) is 13.3 Å². The first-order valence-electron chi connectivity index (χ1n) is 2.67. The Morgan fingerprint density at radius 1 is 1.88 bits per heavy atom. The number of hydrogen-bond donors (Lipinski definition) is 2. The maximum Gasteiger partial charge on any atom is 0.0585 e. The van der Waals surface area contributed by atoms with Crippen molar-refractivity contribution in [2.75, 3.05) is 6.61 Å². The van der Waals surface area contributed by atoms with Crippen LogP contribution < -0.4 is 5.73 Å². The standard InChI is InChI=1S/C6H13NO/c1-5(2)3-6(7)4-8/h6,8H,1,3-4,7H2,2H3. The minimum atomic E-state index is -0.118. The summed E-state index contributed by atoms with van der Waals surface area (Å²) < 4.78 is 0. The molecular formula is C6H13NO. The van der Waals surface area contributed by atoms with E-state index in [4.69, 9.17) is 10.8 Å². The summed E-state index contributed by atoms with van der Waals surface area (Å²) in [6.45, 7) is 5.60. The van der Waals surface area contributed by atoms with E-state index in [2.05, 4.69) is 6.58 Å². The van der Waals surface area contributed by atoms with E-state index in [0.29, 0.717) is 0 Å². The maximum absolute atomic E-state index is 8.42. The van der Waals surface area contributed by atoms with Gasteiger partial charge < -0.3 is 10.8 Å². The molecule has 0 rings (SSSR count). The van der Waals surface area contributed by atoms with Crippen LogP contribution in [0.25, 0.3) is 0 Å². The molecule has 0 aliphatic carbocycles. The van der Waals surface area contributed by atoms with Gasteiger partial charge in [0.2, 0.25) is 0 Å². The van der Waals surface area contributed by atoms with Crippen molar-refractivity contribution in [2.24, 2.45) is 5.73 Å². The van der Waals surface area contributed by atoms with E-state index < -0.39 is 0 Å². The van der Waals surface area contributed by atoms with Crippen LogP contribution in [0.2, 0.25) is 0 Å². The van der Waals surface area contributed by atoms with Crippen LogP contribution >= 0.6 is 0 Å². The Hall–Kier alpha value is -0.340. The molecule has 0 fully saturated rings. The van der Waals surface area contributed by atoms with Crippen molar-refractivity contribution in [2.45, 2.75) is 19.4 Å². The zero-order valence-electron chi connectivity index (χ0n) is 5.22. The van der Waals surface area contributed by atoms with E-state index in [9.17, 15) is 0 Å². The summed E-state index contributed by atoms with van der Waals surface area (Å²) in [5.74, 6) is 0. The number of aliphatic hydroxyl groups excluding tert-OH is 1. The van der Waals surface area contributed by atoms with E-state index in [1.807, 2.05) is 6.92 Å². The van der Waals surface area contributed by atoms with Gasteiger partial charge in [0.1, 0.15) is 0 Å². The molecule has 48 valence electrons. The molecule has 0 heterocycles. The third-order valence-electron chi connectivity index (χ3n) is 0.845. The Kier molecular flexibility index (Phi) is 3.48. The lowest BCUT2D eigenvalue weighted by atomic mass is 10.1. The molecule has 0 aliphatic heterocycles. The van der Waals surface area contributed by atoms with Crippen molar-refractivity contribution in [1.29, 1.82) is 0 Å². The number of nitrogens with two attached hydrogens (primary N) is 1. The topological polar surface area (TPSA) is 46.2 Å². The predicted octanol–water partition coefficient (Wildman–Crippen LogP) is 0.272. The average molecular weight is 115 g/mol. The second-order valence-electron chi connectivity index (χ2n) is 2.10. The number of aliphatic hydroxyl groups is 1. The highest BCUT2D eigenvalue weighted by Gasteiger charge is 1.97. The Bertz CT molecular complexity index is 80.6. The smallest absolute Gasteiger partial charge is 0.0585 e. The molecule has 0 aromatic heterocycles. The summed E-state index contributed by atoms with van der Waals surface area (Å²) in [6.07, 6.45) is 0.719. The normalized spacial score (nSPS) is 13.4. The highest BCUT2D eigenvalue weighted by molar-refractivity contribution is 4.91. The highest BCUT2D eigenvalue weighted by Crippen LogP contribution is 1.97. The molecule has 0 spiro atoms. The highest BCUT2D eigenvalue weighted by atomic mass is 16.3. The van der Waals surface area contributed by atoms with E-state index in [1.54, 1.807) is 0 Å². The number of hydrogen-bond acceptors (Lipinski definition) is 2. The first-order valence-corrected chi connectivity index (χ1v) is 2.67. The fourth-order valence-electron chi connectivity index (χ4n) is 0.512. The first-order chi connectivity index (χ1) is 3.66. The fourth-order valence-corrected chi connectivity index (χ4v) is 0.512. The van der Waals surface area contributed by atoms with Gasteiger partial charge in [0, 0.05) is 6.04 Å². The molecule has 0 radical (unpaired) electrons. The van der Waals surface area contributed by atoms with Gasteiger partial charge in [-0.25, -0.2) is 0 Å². The minimum Gasteiger partial charge on any atom is -0.395 e. The van der Waals surface area contributed by atoms with Crippen molar-refractivity contribution < 1.29 is 5.11 Å². The van der Waals surface area contributed by atoms with Crippen LogP contribution in [-0.4, -0.2) is 17.8 Å². The molecule has 2 nitrogen and oxygen atoms in total. The number of rotatable bonds is 3. The lowest BCUT2D eigenvalue weighted by molar-refractivity contribution is 0.265. The summed E-state index contributed by atoms with van der Waals surface area (Å²) >= 11 is 0. The molecule has 2 heteroatoms. The molecule has 0 aromatic rings. The van der Waals surface area contributed by atoms with Crippen LogP contribution in [-0.2, 0) is 0 Å². The molecular weight excluding hydrogens is 102 g/mol. The molecule has 0 aliphatic rings. The minimum absolute atomic E-state index is 0.0485. The maximum atomic E-state index is 8.42. The van der Waals surface area contributed by atoms with Crippen LogP contribution in [0.5, 0.6) is 0 Å². The van der Waals surface area contributed by atoms with Gasteiger partial charge in [-0.15, -0.1) is 6.58 Å². The molecule has 1 unspecified atom stereocenters. The van der Waals surface area contributed by atoms with E-state index in [1.165, 1.54) is 0 Å². The van der Waals surface area contributed by atoms with Crippen molar-refractivity contribution in [3.05, 3.63) is 12.2 Å². The summed E-state index contributed by atoms with van der Waals surface area (Å²) in [5, 5.41) is 8.42. The first kappa shape index (κ1) is 7.66. The van der Waals surface area contributed by atoms with E-state index >= 15 is 0 Å². The third kappa shape index (κ3) is 3.84. The predicted molar refractivity (Wildman–Crippen MR) is 34.5 cm³/mol. The van der Waals surface area contributed by atoms with Crippen LogP contribution in [0.3, 0.4) is 0 Å². The van der Waals surface area contributed by atoms with Crippen molar-refractivity contribution in [1.82, 2.24) is 0 Å². The quantitative estimate of drug-likeness (QED) is 0.519. The molecule has 3 N–H and O–H groups in total. The van der Waals surface area contributed by atoms with E-state index in [-0.39, 0.29) is 12.6 Å². The van der Waals surface area contributed by atoms with Gasteiger partial charge in [-0.2, -0.15) is 0 Å². The lowest BCUT2D eigenvalue weighted by Gasteiger charge is -2.05. The van der Waals surface area contributed by atoms with Crippen molar-refractivity contribution in [3.8, 4) is 0 Å². The summed E-state index contributed by atoms with van der Waals surface area (Å²) in [4.78, 5) is 0. The Morgan fingerprint density at radius 2 is 2.38 bits per heavy atom. The Balaban J connectivity index is 3.24. The molecule has 0 amide bonds. The largest absolute Gasteiger partial charge is 0.395 e. The molecule has 0 saturated heterocycles. The lowest BCUT2D eigenvalue weighted by Crippen LogP contribution is -2.24. The van der Waals surface area contributed by atoms with E-state index in [0.717, 1.165) is 12.0 Å². The third-order valence-corrected chi connectivity index (χ3v) is 0.845. The molecule has 0 bridgehead atoms. The second kappa shape index (κ2) is 3.64. The fraction of sp³-hybridized carbons (Fsp3) is 0.667. The zero-order chi connectivity index (χ0) is 6.57. The summed E-state index contributed by atoms with van der Waals surface area (Å²) in [5.41, 5.74) is 6.38. The SMILES string of the molecule is C=C(C)CC(N)CO. The zero-order valence-corrected chi connectivity index (χ0v) is 5.22. The van der Waals surface area contributed by atoms with Gasteiger partial charge in [0.25, 0.3) is 0 Å². The Morgan fingerprint density at radius 3 is 2.50 bits per heavy atom. The van der Waals surface area contributed by atoms with Crippen LogP contribution in [0.1, 0.15) is 13.3 Å². The second-order valence-corrected chi connectivity index (χ2v) is 2.10. The molecule has 8 heavy (non-hydrogen) atoms. The summed E-state index contributed by atoms with van der Waals surface area (Å²) in [7, 11) is 0. The van der Waals surface area contributed by atoms with Crippen LogP contribution in [0.4, 0.5) is 0 Å². The van der Waals surface area contributed by atoms with Crippen molar-refractivity contribution in [3.63, 3.8) is 0 Å². The van der Waals surface area contributed by atoms with Crippen LogP contribution in [0, 0.1) is 0 Å². The molecule has 0 saturated carbocycles.